The summed E-state index contributed by atoms with van der Waals surface area (Å²) in [5.74, 6) is -3.73. The number of amides is 2. The maximum atomic E-state index is 14.0. The van der Waals surface area contributed by atoms with Gasteiger partial charge in [-0.15, -0.1) is 0 Å². The van der Waals surface area contributed by atoms with Crippen LogP contribution in [-0.4, -0.2) is 51.4 Å². The predicted octanol–water partition coefficient (Wildman–Crippen LogP) is 3.58. The molecule has 2 aliphatic heterocycles. The number of carboxylic acids is 1. The number of para-hydroxylation sites is 1. The van der Waals surface area contributed by atoms with E-state index in [2.05, 4.69) is 15.6 Å². The number of aryl methyl sites for hydroxylation is 1. The van der Waals surface area contributed by atoms with Crippen molar-refractivity contribution in [2.75, 3.05) is 13.1 Å². The maximum Gasteiger partial charge on any atom is 0.325 e. The summed E-state index contributed by atoms with van der Waals surface area (Å²) in [5, 5.41) is 18.3. The van der Waals surface area contributed by atoms with Crippen molar-refractivity contribution in [2.45, 2.75) is 31.5 Å². The standard InChI is InChI=1S/C32H32N4O4/c1-20-9-5-6-12-23(20)28-26-27(30(38)36(29(26)37)16-15-33-18-21-10-3-2-4-11-21)32(35-28,31(39)40)17-22-19-34-25-14-8-7-13-24(22)25/h2-14,19,26-28,33-35H,15-18H2,1H3,(H,39,40). The summed E-state index contributed by atoms with van der Waals surface area (Å²) in [6.07, 6.45) is 1.87. The fourth-order valence-electron chi connectivity index (χ4n) is 6.52. The normalized spacial score (nSPS) is 24.1. The minimum Gasteiger partial charge on any atom is -0.480 e. The average molecular weight is 537 g/mol. The van der Waals surface area contributed by atoms with Crippen LogP contribution >= 0.6 is 0 Å². The van der Waals surface area contributed by atoms with Gasteiger partial charge in [-0.1, -0.05) is 72.8 Å². The number of imide groups is 1. The zero-order valence-electron chi connectivity index (χ0n) is 22.3. The van der Waals surface area contributed by atoms with Crippen LogP contribution in [0.2, 0.25) is 0 Å². The van der Waals surface area contributed by atoms with Crippen LogP contribution in [0.4, 0.5) is 0 Å². The summed E-state index contributed by atoms with van der Waals surface area (Å²) in [6.45, 7) is 3.15. The maximum absolute atomic E-state index is 14.0. The summed E-state index contributed by atoms with van der Waals surface area (Å²) in [6, 6.07) is 24.6. The average Bonchev–Trinajstić information content (AvgIpc) is 3.60. The largest absolute Gasteiger partial charge is 0.480 e. The van der Waals surface area contributed by atoms with Crippen LogP contribution in [0.25, 0.3) is 10.9 Å². The molecule has 4 unspecified atom stereocenters. The van der Waals surface area contributed by atoms with Crippen molar-refractivity contribution in [1.29, 1.82) is 0 Å². The van der Waals surface area contributed by atoms with E-state index in [1.807, 2.05) is 85.8 Å². The van der Waals surface area contributed by atoms with Gasteiger partial charge in [-0.25, -0.2) is 0 Å². The summed E-state index contributed by atoms with van der Waals surface area (Å²) < 4.78 is 0. The van der Waals surface area contributed by atoms with Crippen LogP contribution in [0.1, 0.15) is 28.3 Å². The molecule has 2 fully saturated rings. The molecule has 8 heteroatoms. The van der Waals surface area contributed by atoms with Crippen LogP contribution in [0.15, 0.2) is 85.1 Å². The molecule has 2 aliphatic rings. The van der Waals surface area contributed by atoms with Crippen molar-refractivity contribution < 1.29 is 19.5 Å². The van der Waals surface area contributed by atoms with Crippen LogP contribution in [0.3, 0.4) is 0 Å². The second kappa shape index (κ2) is 10.4. The molecule has 3 heterocycles. The van der Waals surface area contributed by atoms with Crippen molar-refractivity contribution in [3.63, 3.8) is 0 Å². The third-order valence-corrected chi connectivity index (χ3v) is 8.48. The molecule has 0 bridgehead atoms. The van der Waals surface area contributed by atoms with Crippen LogP contribution in [-0.2, 0) is 27.3 Å². The molecule has 8 nitrogen and oxygen atoms in total. The minimum atomic E-state index is -1.65. The number of nitrogens with zero attached hydrogens (tertiary/aromatic N) is 1. The quantitative estimate of drug-likeness (QED) is 0.192. The summed E-state index contributed by atoms with van der Waals surface area (Å²) in [7, 11) is 0. The topological polar surface area (TPSA) is 115 Å². The van der Waals surface area contributed by atoms with Gasteiger partial charge < -0.3 is 15.4 Å². The molecule has 2 amide bonds. The van der Waals surface area contributed by atoms with Gasteiger partial charge in [0.1, 0.15) is 5.54 Å². The molecule has 0 aliphatic carbocycles. The number of aromatic amines is 1. The molecule has 4 atom stereocenters. The summed E-state index contributed by atoms with van der Waals surface area (Å²) in [5.41, 5.74) is 2.91. The number of hydrogen-bond donors (Lipinski definition) is 4. The first kappa shape index (κ1) is 26.0. The molecule has 40 heavy (non-hydrogen) atoms. The molecule has 0 saturated carbocycles. The molecule has 0 radical (unpaired) electrons. The number of H-pyrrole nitrogens is 1. The van der Waals surface area contributed by atoms with E-state index in [1.54, 1.807) is 6.20 Å². The van der Waals surface area contributed by atoms with E-state index in [9.17, 15) is 19.5 Å². The number of likely N-dealkylation sites (tertiary alicyclic amines) is 1. The predicted molar refractivity (Wildman–Crippen MR) is 151 cm³/mol. The number of carboxylic acid groups (broad SMARTS) is 1. The Morgan fingerprint density at radius 1 is 0.975 bits per heavy atom. The lowest BCUT2D eigenvalue weighted by molar-refractivity contribution is -0.151. The number of carbonyl (C=O) groups excluding carboxylic acids is 2. The molecule has 0 spiro atoms. The number of rotatable bonds is 9. The lowest BCUT2D eigenvalue weighted by Crippen LogP contribution is -2.57. The SMILES string of the molecule is Cc1ccccc1C1NC(Cc2c[nH]c3ccccc23)(C(=O)O)C2C(=O)N(CCNCc3ccccc3)C(=O)C12. The Hall–Kier alpha value is -4.27. The Balaban J connectivity index is 1.34. The lowest BCUT2D eigenvalue weighted by atomic mass is 9.76. The number of hydrogen-bond acceptors (Lipinski definition) is 5. The molecule has 4 N–H and O–H groups in total. The minimum absolute atomic E-state index is 0.0645. The van der Waals surface area contributed by atoms with E-state index in [0.717, 1.165) is 33.2 Å². The van der Waals surface area contributed by atoms with Gasteiger partial charge in [-0.2, -0.15) is 0 Å². The second-order valence-corrected chi connectivity index (χ2v) is 10.8. The molecule has 4 aromatic rings. The highest BCUT2D eigenvalue weighted by Crippen LogP contribution is 2.50. The van der Waals surface area contributed by atoms with Crippen molar-refractivity contribution in [2.24, 2.45) is 11.8 Å². The Morgan fingerprint density at radius 3 is 2.48 bits per heavy atom. The van der Waals surface area contributed by atoms with Gasteiger partial charge in [0, 0.05) is 49.2 Å². The highest BCUT2D eigenvalue weighted by Gasteiger charge is 2.68. The third-order valence-electron chi connectivity index (χ3n) is 8.48. The number of benzene rings is 3. The number of fused-ring (bicyclic) bond motifs is 2. The zero-order chi connectivity index (χ0) is 27.9. The number of nitrogens with one attached hydrogen (secondary N) is 3. The Kier molecular flexibility index (Phi) is 6.73. The van der Waals surface area contributed by atoms with E-state index >= 15 is 0 Å². The molecule has 6 rings (SSSR count). The number of aliphatic carboxylic acids is 1. The number of carbonyl (C=O) groups is 3. The van der Waals surface area contributed by atoms with Gasteiger partial charge in [-0.3, -0.25) is 24.6 Å². The smallest absolute Gasteiger partial charge is 0.325 e. The van der Waals surface area contributed by atoms with E-state index in [-0.39, 0.29) is 18.9 Å². The zero-order valence-corrected chi connectivity index (χ0v) is 22.3. The molecule has 1 aromatic heterocycles. The number of aromatic nitrogens is 1. The van der Waals surface area contributed by atoms with Gasteiger partial charge in [0.2, 0.25) is 11.8 Å². The molecule has 2 saturated heterocycles. The van der Waals surface area contributed by atoms with Gasteiger partial charge in [-0.05, 0) is 35.2 Å². The highest BCUT2D eigenvalue weighted by molar-refractivity contribution is 6.09. The Morgan fingerprint density at radius 2 is 1.70 bits per heavy atom. The Bertz CT molecular complexity index is 1580. The monoisotopic (exact) mass is 536 g/mol. The molecular formula is C32H32N4O4. The van der Waals surface area contributed by atoms with E-state index in [1.165, 1.54) is 4.90 Å². The van der Waals surface area contributed by atoms with Crippen LogP contribution in [0.5, 0.6) is 0 Å². The van der Waals surface area contributed by atoms with E-state index < -0.39 is 35.3 Å². The molecule has 3 aromatic carbocycles. The van der Waals surface area contributed by atoms with E-state index in [0.29, 0.717) is 13.1 Å². The van der Waals surface area contributed by atoms with Gasteiger partial charge in [0.05, 0.1) is 11.8 Å². The molecular weight excluding hydrogens is 504 g/mol. The van der Waals surface area contributed by atoms with Gasteiger partial charge >= 0.3 is 5.97 Å². The lowest BCUT2D eigenvalue weighted by Gasteiger charge is -2.31. The van der Waals surface area contributed by atoms with Gasteiger partial charge in [0.15, 0.2) is 0 Å². The van der Waals surface area contributed by atoms with Crippen molar-refractivity contribution in [3.05, 3.63) is 107 Å². The first-order chi connectivity index (χ1) is 19.4. The van der Waals surface area contributed by atoms with Crippen molar-refractivity contribution >= 4 is 28.7 Å². The highest BCUT2D eigenvalue weighted by atomic mass is 16.4. The fourth-order valence-corrected chi connectivity index (χ4v) is 6.52. The fraction of sp³-hybridized carbons (Fsp3) is 0.281. The van der Waals surface area contributed by atoms with E-state index in [4.69, 9.17) is 0 Å². The van der Waals surface area contributed by atoms with Crippen molar-refractivity contribution in [3.8, 4) is 0 Å². The van der Waals surface area contributed by atoms with Crippen molar-refractivity contribution in [1.82, 2.24) is 20.5 Å². The first-order valence-electron chi connectivity index (χ1n) is 13.6. The Labute approximate surface area is 232 Å². The summed E-state index contributed by atoms with van der Waals surface area (Å²) in [4.78, 5) is 45.6. The third kappa shape index (κ3) is 4.29. The van der Waals surface area contributed by atoms with Gasteiger partial charge in [0.25, 0.3) is 0 Å². The first-order valence-corrected chi connectivity index (χ1v) is 13.6. The van der Waals surface area contributed by atoms with Crippen LogP contribution in [0, 0.1) is 18.8 Å². The summed E-state index contributed by atoms with van der Waals surface area (Å²) >= 11 is 0. The second-order valence-electron chi connectivity index (χ2n) is 10.8. The molecule has 204 valence electrons. The van der Waals surface area contributed by atoms with Crippen LogP contribution < -0.4 is 10.6 Å².